The number of rotatable bonds is 4. The minimum Gasteiger partial charge on any atom is -0.454 e. The molecule has 134 valence electrons. The van der Waals surface area contributed by atoms with Crippen molar-refractivity contribution in [3.05, 3.63) is 88.5 Å². The van der Waals surface area contributed by atoms with Gasteiger partial charge in [0.25, 0.3) is 5.56 Å². The molecule has 5 heteroatoms. The molecule has 0 aliphatic rings. The maximum Gasteiger partial charge on any atom is 0.310 e. The number of H-pyrrole nitrogens is 1. The molecular weight excluding hydrogens is 340 g/mol. The number of hydrogen-bond acceptors (Lipinski definition) is 4. The maximum atomic E-state index is 12.3. The Bertz CT molecular complexity index is 1200. The van der Waals surface area contributed by atoms with Crippen LogP contribution in [0.5, 0.6) is 0 Å². The van der Waals surface area contributed by atoms with E-state index in [9.17, 15) is 9.59 Å². The highest BCUT2D eigenvalue weighted by molar-refractivity contribution is 5.84. The maximum absolute atomic E-state index is 12.3. The van der Waals surface area contributed by atoms with Crippen molar-refractivity contribution in [2.75, 3.05) is 0 Å². The fourth-order valence-electron chi connectivity index (χ4n) is 3.11. The number of carbonyl (C=O) groups excluding carboxylic acids is 1. The van der Waals surface area contributed by atoms with Crippen molar-refractivity contribution in [3.63, 3.8) is 0 Å². The van der Waals surface area contributed by atoms with Gasteiger partial charge in [0.2, 0.25) is 0 Å². The highest BCUT2D eigenvalue weighted by Gasteiger charge is 2.16. The van der Waals surface area contributed by atoms with Gasteiger partial charge in [0.05, 0.1) is 17.3 Å². The molecule has 1 atom stereocenters. The molecule has 27 heavy (non-hydrogen) atoms. The lowest BCUT2D eigenvalue weighted by Gasteiger charge is -2.13. The van der Waals surface area contributed by atoms with E-state index in [4.69, 9.17) is 4.74 Å². The molecule has 0 saturated heterocycles. The Balaban J connectivity index is 1.51. The van der Waals surface area contributed by atoms with Crippen molar-refractivity contribution in [1.82, 2.24) is 9.97 Å². The number of nitrogens with one attached hydrogen (secondary N) is 1. The zero-order chi connectivity index (χ0) is 18.8. The Morgan fingerprint density at radius 1 is 1.04 bits per heavy atom. The second kappa shape index (κ2) is 7.03. The lowest BCUT2D eigenvalue weighted by Crippen LogP contribution is -2.18. The van der Waals surface area contributed by atoms with E-state index in [2.05, 4.69) is 9.97 Å². The molecular formula is C22H18N2O3. The summed E-state index contributed by atoms with van der Waals surface area (Å²) >= 11 is 0. The lowest BCUT2D eigenvalue weighted by atomic mass is 10.1. The van der Waals surface area contributed by atoms with Gasteiger partial charge in [0.1, 0.15) is 0 Å². The molecule has 0 fully saturated rings. The van der Waals surface area contributed by atoms with Gasteiger partial charge >= 0.3 is 5.97 Å². The normalized spacial score (nSPS) is 12.2. The monoisotopic (exact) mass is 358 g/mol. The van der Waals surface area contributed by atoms with Gasteiger partial charge in [-0.2, -0.15) is 0 Å². The van der Waals surface area contributed by atoms with Crippen LogP contribution >= 0.6 is 0 Å². The number of benzene rings is 3. The van der Waals surface area contributed by atoms with E-state index in [1.165, 1.54) is 0 Å². The second-order valence-corrected chi connectivity index (χ2v) is 6.46. The second-order valence-electron chi connectivity index (χ2n) is 6.46. The highest BCUT2D eigenvalue weighted by atomic mass is 16.5. The first-order valence-corrected chi connectivity index (χ1v) is 8.76. The first-order valence-electron chi connectivity index (χ1n) is 8.76. The smallest absolute Gasteiger partial charge is 0.310 e. The van der Waals surface area contributed by atoms with Crippen LogP contribution in [0.25, 0.3) is 21.7 Å². The molecule has 4 rings (SSSR count). The van der Waals surface area contributed by atoms with E-state index < -0.39 is 6.10 Å². The van der Waals surface area contributed by atoms with Gasteiger partial charge in [-0.05, 0) is 35.4 Å². The molecule has 4 aromatic rings. The standard InChI is InChI=1S/C22H18N2O3/c1-14(21-23-19-9-5-4-8-18(19)22(26)24-21)27-20(25)13-15-10-11-16-6-2-3-7-17(16)12-15/h2-12,14H,13H2,1H3,(H,23,24,26)/t14-/m1/s1. The number of nitrogens with zero attached hydrogens (tertiary/aromatic N) is 1. The van der Waals surface area contributed by atoms with Crippen molar-refractivity contribution >= 4 is 27.6 Å². The molecule has 0 spiro atoms. The van der Waals surface area contributed by atoms with Crippen LogP contribution in [0, 0.1) is 0 Å². The summed E-state index contributed by atoms with van der Waals surface area (Å²) in [4.78, 5) is 31.6. The Morgan fingerprint density at radius 3 is 2.63 bits per heavy atom. The van der Waals surface area contributed by atoms with E-state index in [1.807, 2.05) is 48.5 Å². The van der Waals surface area contributed by atoms with Crippen molar-refractivity contribution in [2.45, 2.75) is 19.4 Å². The zero-order valence-electron chi connectivity index (χ0n) is 14.8. The van der Waals surface area contributed by atoms with Gasteiger partial charge in [-0.25, -0.2) is 4.98 Å². The van der Waals surface area contributed by atoms with Gasteiger partial charge < -0.3 is 9.72 Å². The van der Waals surface area contributed by atoms with Crippen LogP contribution in [-0.2, 0) is 16.0 Å². The summed E-state index contributed by atoms with van der Waals surface area (Å²) in [6.45, 7) is 1.70. The van der Waals surface area contributed by atoms with Crippen LogP contribution in [0.2, 0.25) is 0 Å². The summed E-state index contributed by atoms with van der Waals surface area (Å²) in [5.41, 5.74) is 1.22. The lowest BCUT2D eigenvalue weighted by molar-refractivity contribution is -0.148. The Kier molecular flexibility index (Phi) is 4.42. The molecule has 3 aromatic carbocycles. The number of esters is 1. The molecule has 0 radical (unpaired) electrons. The fraction of sp³-hybridized carbons (Fsp3) is 0.136. The zero-order valence-corrected chi connectivity index (χ0v) is 14.8. The topological polar surface area (TPSA) is 72.0 Å². The minimum atomic E-state index is -0.643. The SMILES string of the molecule is C[C@@H](OC(=O)Cc1ccc2ccccc2c1)c1nc2ccccc2c(=O)[nH]1. The van der Waals surface area contributed by atoms with Gasteiger partial charge in [-0.3, -0.25) is 9.59 Å². The number of hydrogen-bond donors (Lipinski definition) is 1. The van der Waals surface area contributed by atoms with Crippen LogP contribution in [0.15, 0.2) is 71.5 Å². The molecule has 0 bridgehead atoms. The third-order valence-corrected chi connectivity index (χ3v) is 4.49. The van der Waals surface area contributed by atoms with Gasteiger partial charge in [-0.1, -0.05) is 54.6 Å². The highest BCUT2D eigenvalue weighted by Crippen LogP contribution is 2.18. The molecule has 1 heterocycles. The number of fused-ring (bicyclic) bond motifs is 2. The van der Waals surface area contributed by atoms with Crippen LogP contribution in [0.3, 0.4) is 0 Å². The average molecular weight is 358 g/mol. The van der Waals surface area contributed by atoms with Crippen molar-refractivity contribution in [2.24, 2.45) is 0 Å². The summed E-state index contributed by atoms with van der Waals surface area (Å²) in [7, 11) is 0. The molecule has 0 unspecified atom stereocenters. The summed E-state index contributed by atoms with van der Waals surface area (Å²) in [5.74, 6) is -0.0286. The third-order valence-electron chi connectivity index (χ3n) is 4.49. The van der Waals surface area contributed by atoms with Crippen molar-refractivity contribution in [3.8, 4) is 0 Å². The number of ether oxygens (including phenoxy) is 1. The molecule has 1 aromatic heterocycles. The molecule has 5 nitrogen and oxygen atoms in total. The summed E-state index contributed by atoms with van der Waals surface area (Å²) in [6.07, 6.45) is -0.484. The Morgan fingerprint density at radius 2 is 1.78 bits per heavy atom. The van der Waals surface area contributed by atoms with E-state index in [0.29, 0.717) is 16.7 Å². The minimum absolute atomic E-state index is 0.160. The quantitative estimate of drug-likeness (QED) is 0.561. The Hall–Kier alpha value is -3.47. The summed E-state index contributed by atoms with van der Waals surface area (Å²) in [6, 6.07) is 21.0. The predicted molar refractivity (Wildman–Crippen MR) is 105 cm³/mol. The Labute approximate surface area is 155 Å². The van der Waals surface area contributed by atoms with Crippen LogP contribution in [-0.4, -0.2) is 15.9 Å². The van der Waals surface area contributed by atoms with Crippen molar-refractivity contribution in [1.29, 1.82) is 0 Å². The summed E-state index contributed by atoms with van der Waals surface area (Å²) in [5, 5.41) is 2.72. The van der Waals surface area contributed by atoms with Crippen molar-refractivity contribution < 1.29 is 9.53 Å². The van der Waals surface area contributed by atoms with Crippen LogP contribution in [0.1, 0.15) is 24.4 Å². The van der Waals surface area contributed by atoms with Gasteiger partial charge in [0.15, 0.2) is 11.9 Å². The largest absolute Gasteiger partial charge is 0.454 e. The number of aromatic nitrogens is 2. The van der Waals surface area contributed by atoms with Crippen LogP contribution in [0.4, 0.5) is 0 Å². The average Bonchev–Trinajstić information content (AvgIpc) is 2.67. The van der Waals surface area contributed by atoms with E-state index in [1.54, 1.807) is 25.1 Å². The first-order chi connectivity index (χ1) is 13.1. The fourth-order valence-corrected chi connectivity index (χ4v) is 3.11. The predicted octanol–water partition coefficient (Wildman–Crippen LogP) is 3.92. The number of aromatic amines is 1. The first kappa shape index (κ1) is 17.0. The molecule has 0 aliphatic carbocycles. The summed E-state index contributed by atoms with van der Waals surface area (Å²) < 4.78 is 5.48. The van der Waals surface area contributed by atoms with Gasteiger partial charge in [-0.15, -0.1) is 0 Å². The molecule has 0 amide bonds. The number of para-hydroxylation sites is 1. The number of carbonyl (C=O) groups is 1. The third kappa shape index (κ3) is 3.58. The molecule has 0 saturated carbocycles. The molecule has 1 N–H and O–H groups in total. The van der Waals surface area contributed by atoms with Crippen LogP contribution < -0.4 is 5.56 Å². The molecule has 0 aliphatic heterocycles. The van der Waals surface area contributed by atoms with Gasteiger partial charge in [0, 0.05) is 0 Å². The van der Waals surface area contributed by atoms with E-state index in [0.717, 1.165) is 16.3 Å². The van der Waals surface area contributed by atoms with E-state index in [-0.39, 0.29) is 17.9 Å². The van der Waals surface area contributed by atoms with E-state index >= 15 is 0 Å².